The van der Waals surface area contributed by atoms with Crippen LogP contribution in [0.15, 0.2) is 59.6 Å². The van der Waals surface area contributed by atoms with Crippen LogP contribution in [0.2, 0.25) is 0 Å². The van der Waals surface area contributed by atoms with E-state index in [1.54, 1.807) is 0 Å². The lowest BCUT2D eigenvalue weighted by Gasteiger charge is -2.26. The molecular formula is C79H87NO15. The van der Waals surface area contributed by atoms with Crippen molar-refractivity contribution < 1.29 is 55.1 Å². The number of benzene rings is 10. The zero-order chi connectivity index (χ0) is 68.2. The normalized spacial score (nSPS) is 14.8. The zero-order valence-corrected chi connectivity index (χ0v) is 56.1. The number of phenols is 4. The fraction of sp³-hybridized carbons (Fsp3) is 0.418. The highest BCUT2D eigenvalue weighted by molar-refractivity contribution is 6.40. The Balaban J connectivity index is 0.000000195. The number of unbranched alkanes of at least 4 members (excludes halogenated alkanes) is 12. The van der Waals surface area contributed by atoms with Crippen LogP contribution in [-0.2, 0) is 44.1 Å². The number of hydrogen-bond donors (Lipinski definition) is 8. The number of aliphatic hydroxyl groups excluding tert-OH is 4. The molecule has 0 saturated carbocycles. The van der Waals surface area contributed by atoms with Gasteiger partial charge in [0, 0.05) is 62.0 Å². The van der Waals surface area contributed by atoms with Gasteiger partial charge in [-0.3, -0.25) is 29.0 Å². The molecule has 2 aliphatic rings. The van der Waals surface area contributed by atoms with E-state index in [9.17, 15) is 64.8 Å². The second kappa shape index (κ2) is 27.7. The number of ether oxygens (including phenoxy) is 2. The molecule has 95 heavy (non-hydrogen) atoms. The molecule has 16 heteroatoms. The van der Waals surface area contributed by atoms with E-state index in [4.69, 9.17) is 14.5 Å². The highest BCUT2D eigenvalue weighted by Gasteiger charge is 2.39. The summed E-state index contributed by atoms with van der Waals surface area (Å²) >= 11 is 0. The Morgan fingerprint density at radius 2 is 0.726 bits per heavy atom. The van der Waals surface area contributed by atoms with Gasteiger partial charge >= 0.3 is 0 Å². The largest absolute Gasteiger partial charge is 0.507 e. The third-order valence-electron chi connectivity index (χ3n) is 20.5. The second-order valence-corrected chi connectivity index (χ2v) is 26.4. The third kappa shape index (κ3) is 10.9. The summed E-state index contributed by atoms with van der Waals surface area (Å²) in [5, 5.41) is 96.0. The Bertz CT molecular complexity index is 5060. The smallest absolute Gasteiger partial charge is 0.190 e. The number of nitrogens with zero attached hydrogens (tertiary/aromatic N) is 1. The summed E-state index contributed by atoms with van der Waals surface area (Å²) in [6.45, 7) is 12.4. The van der Waals surface area contributed by atoms with Gasteiger partial charge in [0.2, 0.25) is 0 Å². The summed E-state index contributed by atoms with van der Waals surface area (Å²) in [5.74, 6) is -2.34. The number of allylic oxidation sites excluding steroid dienone is 2. The van der Waals surface area contributed by atoms with Crippen molar-refractivity contribution in [2.24, 2.45) is 4.99 Å². The van der Waals surface area contributed by atoms with Crippen molar-refractivity contribution in [2.75, 3.05) is 20.8 Å². The number of ketones is 1. The van der Waals surface area contributed by atoms with E-state index < -0.39 is 65.7 Å². The number of aliphatic hydroxyl groups is 4. The molecule has 8 N–H and O–H groups in total. The highest BCUT2D eigenvalue weighted by atomic mass is 16.5. The minimum atomic E-state index is -0.868. The van der Waals surface area contributed by atoms with Gasteiger partial charge < -0.3 is 50.3 Å². The van der Waals surface area contributed by atoms with Crippen LogP contribution in [0.1, 0.15) is 212 Å². The summed E-state index contributed by atoms with van der Waals surface area (Å²) in [5.41, 5.74) is 5.24. The van der Waals surface area contributed by atoms with Crippen LogP contribution in [0.25, 0.3) is 98.3 Å². The fourth-order valence-corrected chi connectivity index (χ4v) is 16.4. The Hall–Kier alpha value is -8.54. The molecule has 0 saturated heterocycles. The molecule has 10 aromatic rings. The molecule has 12 rings (SSSR count). The van der Waals surface area contributed by atoms with Gasteiger partial charge in [0.05, 0.1) is 68.1 Å². The van der Waals surface area contributed by atoms with Crippen LogP contribution in [-0.4, -0.2) is 73.1 Å². The molecule has 2 unspecified atom stereocenters. The summed E-state index contributed by atoms with van der Waals surface area (Å²) in [6.07, 6.45) is 20.5. The number of Topliss-reactive ketones (excluding diaryl/α,β-unsaturated/α-hetero) is 1. The lowest BCUT2D eigenvalue weighted by molar-refractivity contribution is -0.117. The molecule has 0 bridgehead atoms. The minimum Gasteiger partial charge on any atom is -0.507 e. The van der Waals surface area contributed by atoms with E-state index in [2.05, 4.69) is 26.8 Å². The standard InChI is InChI=1S/C43H51NO7.C36H36O8/c1-6-8-10-12-14-16-27-28-18-23(3)31(24(4)44-17-15-13-11-9-7-2)40-39-34(28)37-32(25(21-45)19-29(47)35(37)41(27)49)33-26(22-46)20-30(48)36(38(33)39)42(50)43(40)51-5;1-5-6-7-8-9-10-20-21-11-16(2)24(17(3)39)33-32-27(21)30-25(18(14-37)12-22(40)28(30)34(20)42)26-19(15-38)13-23(41)29(31(26)32)35(43)36(33)44-4/h18-20,31,45-46,49-50H,6-17,21-22H2,1-5H3;11-13,24,37-38,42-43H,5-10,14-15H2,1-4H3. The Kier molecular flexibility index (Phi) is 19.8. The number of fused-ring (bicyclic) bond motifs is 2. The van der Waals surface area contributed by atoms with E-state index >= 15 is 0 Å². The molecule has 10 aromatic carbocycles. The van der Waals surface area contributed by atoms with Gasteiger partial charge in [0.1, 0.15) is 17.3 Å². The van der Waals surface area contributed by atoms with Crippen molar-refractivity contribution in [1.29, 1.82) is 0 Å². The monoisotopic (exact) mass is 1290 g/mol. The quantitative estimate of drug-likeness (QED) is 0.0108. The number of carbonyl (C=O) groups excluding carboxylic acids is 1. The third-order valence-corrected chi connectivity index (χ3v) is 20.5. The molecule has 0 spiro atoms. The number of aliphatic imine (C=N–C) groups is 1. The van der Waals surface area contributed by atoms with Crippen LogP contribution in [0.4, 0.5) is 0 Å². The van der Waals surface area contributed by atoms with Gasteiger partial charge in [-0.05, 0) is 161 Å². The molecule has 2 atom stereocenters. The van der Waals surface area contributed by atoms with Crippen molar-refractivity contribution in [3.63, 3.8) is 0 Å². The maximum Gasteiger partial charge on any atom is 0.190 e. The molecular weight excluding hydrogens is 1200 g/mol. The average Bonchev–Trinajstić information content (AvgIpc) is 1.66. The number of hydrogen-bond acceptors (Lipinski definition) is 16. The topological polar surface area (TPSA) is 278 Å². The van der Waals surface area contributed by atoms with E-state index in [1.165, 1.54) is 51.8 Å². The number of phenolic OH excluding ortho intramolecular Hbond substituents is 4. The Labute approximate surface area is 550 Å². The van der Waals surface area contributed by atoms with E-state index in [-0.39, 0.29) is 67.2 Å². The van der Waals surface area contributed by atoms with E-state index in [1.807, 2.05) is 26.8 Å². The van der Waals surface area contributed by atoms with Crippen LogP contribution >= 0.6 is 0 Å². The molecule has 2 aliphatic carbocycles. The fourth-order valence-electron chi connectivity index (χ4n) is 16.4. The van der Waals surface area contributed by atoms with Gasteiger partial charge in [-0.1, -0.05) is 121 Å². The van der Waals surface area contributed by atoms with Gasteiger partial charge in [-0.15, -0.1) is 0 Å². The van der Waals surface area contributed by atoms with Crippen molar-refractivity contribution in [3.05, 3.63) is 132 Å². The number of rotatable bonds is 26. The first kappa shape index (κ1) is 67.9. The molecule has 498 valence electrons. The van der Waals surface area contributed by atoms with E-state index in [0.29, 0.717) is 129 Å². The maximum absolute atomic E-state index is 14.0. The van der Waals surface area contributed by atoms with Crippen molar-refractivity contribution in [3.8, 4) is 34.5 Å². The maximum atomic E-state index is 14.0. The van der Waals surface area contributed by atoms with Gasteiger partial charge in [0.15, 0.2) is 44.7 Å². The van der Waals surface area contributed by atoms with E-state index in [0.717, 1.165) is 107 Å². The average molecular weight is 1290 g/mol. The van der Waals surface area contributed by atoms with Crippen LogP contribution in [0.5, 0.6) is 34.5 Å². The molecule has 0 radical (unpaired) electrons. The van der Waals surface area contributed by atoms with Crippen LogP contribution in [0, 0.1) is 0 Å². The first-order valence-electron chi connectivity index (χ1n) is 33.9. The van der Waals surface area contributed by atoms with Crippen molar-refractivity contribution in [2.45, 2.75) is 196 Å². The molecule has 0 aromatic heterocycles. The number of carbonyl (C=O) groups is 1. The highest BCUT2D eigenvalue weighted by Crippen LogP contribution is 2.59. The molecule has 0 amide bonds. The summed E-state index contributed by atoms with van der Waals surface area (Å²) in [4.78, 5) is 73.8. The molecule has 0 aliphatic heterocycles. The van der Waals surface area contributed by atoms with Crippen molar-refractivity contribution >= 4 is 110 Å². The predicted octanol–water partition coefficient (Wildman–Crippen LogP) is 14.6. The minimum absolute atomic E-state index is 0.0143. The zero-order valence-electron chi connectivity index (χ0n) is 56.1. The SMILES string of the molecule is CCCCCCCN=C(C)C1C(C)=Cc2c(CCCCCCC)c(O)c3c(=O)cc(CO)c4c5c(CO)cc(=O)c6c(O)c(OC)c1c(c2c34)c65.CCCCCCCc1c(O)c2c(=O)cc(CO)c3c4c(CO)cc(=O)c5c(O)c(OC)c6c(c(c1C=C(C)C6C(C)=O)c23)c54. The van der Waals surface area contributed by atoms with Crippen molar-refractivity contribution in [1.82, 2.24) is 0 Å². The van der Waals surface area contributed by atoms with Gasteiger partial charge in [-0.25, -0.2) is 0 Å². The second-order valence-electron chi connectivity index (χ2n) is 26.4. The lowest BCUT2D eigenvalue weighted by Crippen LogP contribution is -2.15. The molecule has 16 nitrogen and oxygen atoms in total. The predicted molar refractivity (Wildman–Crippen MR) is 381 cm³/mol. The Morgan fingerprint density at radius 3 is 1.06 bits per heavy atom. The Morgan fingerprint density at radius 1 is 0.411 bits per heavy atom. The molecule has 0 heterocycles. The van der Waals surface area contributed by atoms with Gasteiger partial charge in [-0.2, -0.15) is 0 Å². The molecule has 0 fully saturated rings. The van der Waals surface area contributed by atoms with Crippen LogP contribution in [0.3, 0.4) is 0 Å². The summed E-state index contributed by atoms with van der Waals surface area (Å²) in [7, 11) is 2.84. The number of aromatic hydroxyl groups is 4. The first-order chi connectivity index (χ1) is 45.8. The first-order valence-corrected chi connectivity index (χ1v) is 33.9. The number of methoxy groups -OCH3 is 2. The summed E-state index contributed by atoms with van der Waals surface area (Å²) < 4.78 is 11.8. The lowest BCUT2D eigenvalue weighted by atomic mass is 9.78. The summed E-state index contributed by atoms with van der Waals surface area (Å²) in [6, 6.07) is 5.18. The van der Waals surface area contributed by atoms with Gasteiger partial charge in [0.25, 0.3) is 0 Å². The van der Waals surface area contributed by atoms with Crippen LogP contribution < -0.4 is 31.2 Å².